The van der Waals surface area contributed by atoms with E-state index >= 15 is 0 Å². The number of aryl methyl sites for hydroxylation is 2. The molecule has 2 aromatic rings. The molecule has 1 heterocycles. The number of nitrogens with one attached hydrogen (secondary N) is 2. The first-order valence-corrected chi connectivity index (χ1v) is 8.67. The largest absolute Gasteiger partial charge is 0.481 e. The zero-order valence-corrected chi connectivity index (χ0v) is 15.4. The van der Waals surface area contributed by atoms with Crippen molar-refractivity contribution >= 4 is 29.2 Å². The first-order valence-electron chi connectivity index (χ1n) is 7.79. The Hall–Kier alpha value is -2.67. The molecule has 0 radical (unpaired) electrons. The maximum atomic E-state index is 12.0. The number of carbonyl (C=O) groups excluding carboxylic acids is 2. The van der Waals surface area contributed by atoms with Crippen molar-refractivity contribution in [2.45, 2.75) is 33.8 Å². The van der Waals surface area contributed by atoms with Crippen molar-refractivity contribution in [3.05, 3.63) is 51.5 Å². The maximum absolute atomic E-state index is 12.0. The number of hydrazine groups is 1. The van der Waals surface area contributed by atoms with Crippen LogP contribution in [0.2, 0.25) is 0 Å². The fraction of sp³-hybridized carbons (Fsp3) is 0.278. The van der Waals surface area contributed by atoms with Gasteiger partial charge >= 0.3 is 0 Å². The van der Waals surface area contributed by atoms with Crippen molar-refractivity contribution in [3.63, 3.8) is 0 Å². The van der Waals surface area contributed by atoms with E-state index < -0.39 is 17.9 Å². The van der Waals surface area contributed by atoms with Crippen LogP contribution in [0.3, 0.4) is 0 Å². The van der Waals surface area contributed by atoms with E-state index in [1.54, 1.807) is 13.0 Å². The molecule has 0 fully saturated rings. The number of thiazole rings is 1. The quantitative estimate of drug-likeness (QED) is 0.635. The fourth-order valence-electron chi connectivity index (χ4n) is 1.98. The van der Waals surface area contributed by atoms with Gasteiger partial charge in [0.25, 0.3) is 11.8 Å². The average Bonchev–Trinajstić information content (AvgIpc) is 3.00. The second-order valence-electron chi connectivity index (χ2n) is 5.56. The molecule has 0 aliphatic carbocycles. The highest BCUT2D eigenvalue weighted by atomic mass is 32.1. The molecule has 1 aromatic carbocycles. The molecular formula is C18H21N3O3S. The van der Waals surface area contributed by atoms with E-state index in [0.717, 1.165) is 16.1 Å². The number of amides is 2. The summed E-state index contributed by atoms with van der Waals surface area (Å²) in [6, 6.07) is 5.65. The number of carbonyl (C=O) groups is 2. The smallest absolute Gasteiger partial charge is 0.279 e. The van der Waals surface area contributed by atoms with Crippen LogP contribution in [0.25, 0.3) is 6.08 Å². The van der Waals surface area contributed by atoms with Gasteiger partial charge in [0, 0.05) is 11.5 Å². The van der Waals surface area contributed by atoms with E-state index in [-0.39, 0.29) is 0 Å². The standard InChI is InChI=1S/C18H21N3O3S/c1-11-6-5-7-16(12(11)2)24-13(3)18(23)21-20-17(22)9-8-15-10-25-14(4)19-15/h5-10,13H,1-4H3,(H,20,22)(H,21,23)/b9-8+. The second-order valence-corrected chi connectivity index (χ2v) is 6.62. The van der Waals surface area contributed by atoms with Gasteiger partial charge in [-0.2, -0.15) is 0 Å². The van der Waals surface area contributed by atoms with Crippen molar-refractivity contribution in [2.75, 3.05) is 0 Å². The first-order chi connectivity index (χ1) is 11.9. The van der Waals surface area contributed by atoms with Crippen LogP contribution in [0, 0.1) is 20.8 Å². The molecule has 0 spiro atoms. The van der Waals surface area contributed by atoms with Gasteiger partial charge in [0.15, 0.2) is 6.10 Å². The summed E-state index contributed by atoms with van der Waals surface area (Å²) >= 11 is 1.50. The number of hydrogen-bond acceptors (Lipinski definition) is 5. The first kappa shape index (κ1) is 18.7. The van der Waals surface area contributed by atoms with Gasteiger partial charge in [-0.05, 0) is 51.0 Å². The summed E-state index contributed by atoms with van der Waals surface area (Å²) in [4.78, 5) is 28.0. The fourth-order valence-corrected chi connectivity index (χ4v) is 2.56. The lowest BCUT2D eigenvalue weighted by Crippen LogP contribution is -2.46. The van der Waals surface area contributed by atoms with Crippen LogP contribution in [0.15, 0.2) is 29.7 Å². The average molecular weight is 359 g/mol. The van der Waals surface area contributed by atoms with Gasteiger partial charge in [-0.15, -0.1) is 11.3 Å². The lowest BCUT2D eigenvalue weighted by Gasteiger charge is -2.17. The Morgan fingerprint density at radius 1 is 1.24 bits per heavy atom. The van der Waals surface area contributed by atoms with E-state index in [2.05, 4.69) is 15.8 Å². The van der Waals surface area contributed by atoms with Crippen LogP contribution in [0.5, 0.6) is 5.75 Å². The van der Waals surface area contributed by atoms with Crippen molar-refractivity contribution in [1.29, 1.82) is 0 Å². The molecule has 7 heteroatoms. The molecule has 1 aromatic heterocycles. The molecule has 25 heavy (non-hydrogen) atoms. The Bertz CT molecular complexity index is 799. The van der Waals surface area contributed by atoms with Crippen molar-refractivity contribution < 1.29 is 14.3 Å². The van der Waals surface area contributed by atoms with Crippen molar-refractivity contribution in [1.82, 2.24) is 15.8 Å². The zero-order chi connectivity index (χ0) is 18.4. The summed E-state index contributed by atoms with van der Waals surface area (Å²) in [5.41, 5.74) is 7.44. The molecule has 6 nitrogen and oxygen atoms in total. The number of nitrogens with zero attached hydrogens (tertiary/aromatic N) is 1. The summed E-state index contributed by atoms with van der Waals surface area (Å²) in [6.07, 6.45) is 2.15. The Kier molecular flexibility index (Phi) is 6.30. The van der Waals surface area contributed by atoms with E-state index in [0.29, 0.717) is 11.4 Å². The predicted octanol–water partition coefficient (Wildman–Crippen LogP) is 2.70. The third-order valence-electron chi connectivity index (χ3n) is 3.58. The summed E-state index contributed by atoms with van der Waals surface area (Å²) < 4.78 is 5.66. The Morgan fingerprint density at radius 2 is 2.00 bits per heavy atom. The molecule has 2 N–H and O–H groups in total. The number of rotatable bonds is 5. The van der Waals surface area contributed by atoms with Gasteiger partial charge in [0.05, 0.1) is 10.7 Å². The number of ether oxygens (including phenoxy) is 1. The summed E-state index contributed by atoms with van der Waals surface area (Å²) in [5, 5.41) is 2.77. The maximum Gasteiger partial charge on any atom is 0.279 e. The lowest BCUT2D eigenvalue weighted by molar-refractivity contribution is -0.131. The lowest BCUT2D eigenvalue weighted by atomic mass is 10.1. The molecule has 0 aliphatic rings. The van der Waals surface area contributed by atoms with Crippen LogP contribution >= 0.6 is 11.3 Å². The topological polar surface area (TPSA) is 80.3 Å². The molecule has 0 bridgehead atoms. The van der Waals surface area contributed by atoms with Gasteiger partial charge < -0.3 is 4.74 Å². The second kappa shape index (κ2) is 8.43. The number of hydrogen-bond donors (Lipinski definition) is 2. The highest BCUT2D eigenvalue weighted by molar-refractivity contribution is 7.09. The highest BCUT2D eigenvalue weighted by Gasteiger charge is 2.16. The van der Waals surface area contributed by atoms with Crippen LogP contribution in [-0.4, -0.2) is 22.9 Å². The monoisotopic (exact) mass is 359 g/mol. The number of benzene rings is 1. The minimum Gasteiger partial charge on any atom is -0.481 e. The summed E-state index contributed by atoms with van der Waals surface area (Å²) in [6.45, 7) is 7.42. The predicted molar refractivity (Wildman–Crippen MR) is 98.2 cm³/mol. The molecule has 0 saturated heterocycles. The summed E-state index contributed by atoms with van der Waals surface area (Å²) in [5.74, 6) is -0.238. The molecule has 0 aliphatic heterocycles. The van der Waals surface area contributed by atoms with Gasteiger partial charge in [-0.1, -0.05) is 12.1 Å². The van der Waals surface area contributed by atoms with E-state index in [4.69, 9.17) is 4.74 Å². The Labute approximate surface area is 150 Å². The third-order valence-corrected chi connectivity index (χ3v) is 4.37. The Balaban J connectivity index is 1.83. The number of aromatic nitrogens is 1. The minimum atomic E-state index is -0.744. The summed E-state index contributed by atoms with van der Waals surface area (Å²) in [7, 11) is 0. The molecule has 132 valence electrons. The van der Waals surface area contributed by atoms with E-state index in [1.807, 2.05) is 44.4 Å². The van der Waals surface area contributed by atoms with Gasteiger partial charge in [-0.3, -0.25) is 20.4 Å². The van der Waals surface area contributed by atoms with Crippen LogP contribution in [0.4, 0.5) is 0 Å². The van der Waals surface area contributed by atoms with Crippen molar-refractivity contribution in [2.24, 2.45) is 0 Å². The van der Waals surface area contributed by atoms with E-state index in [1.165, 1.54) is 17.4 Å². The van der Waals surface area contributed by atoms with Crippen LogP contribution in [0.1, 0.15) is 28.8 Å². The van der Waals surface area contributed by atoms with Gasteiger partial charge in [0.1, 0.15) is 5.75 Å². The van der Waals surface area contributed by atoms with Crippen LogP contribution in [-0.2, 0) is 9.59 Å². The molecule has 2 amide bonds. The molecule has 1 atom stereocenters. The molecule has 0 saturated carbocycles. The molecule has 2 rings (SSSR count). The normalized spacial score (nSPS) is 12.0. The Morgan fingerprint density at radius 3 is 2.68 bits per heavy atom. The SMILES string of the molecule is Cc1nc(/C=C/C(=O)NNC(=O)C(C)Oc2cccc(C)c2C)cs1. The zero-order valence-electron chi connectivity index (χ0n) is 14.6. The molecular weight excluding hydrogens is 338 g/mol. The van der Waals surface area contributed by atoms with E-state index in [9.17, 15) is 9.59 Å². The van der Waals surface area contributed by atoms with Crippen molar-refractivity contribution in [3.8, 4) is 5.75 Å². The highest BCUT2D eigenvalue weighted by Crippen LogP contribution is 2.21. The minimum absolute atomic E-state index is 0.438. The van der Waals surface area contributed by atoms with Gasteiger partial charge in [-0.25, -0.2) is 4.98 Å². The third kappa shape index (κ3) is 5.42. The van der Waals surface area contributed by atoms with Crippen LogP contribution < -0.4 is 15.6 Å². The van der Waals surface area contributed by atoms with Gasteiger partial charge in [0.2, 0.25) is 0 Å². The molecule has 1 unspecified atom stereocenters.